The molecule has 0 aliphatic carbocycles. The van der Waals surface area contributed by atoms with Crippen LogP contribution in [0.1, 0.15) is 69.8 Å². The number of amides is 1. The number of amidine groups is 1. The maximum atomic E-state index is 14.2. The van der Waals surface area contributed by atoms with Gasteiger partial charge in [0.2, 0.25) is 5.91 Å². The molecule has 372 valence electrons. The lowest BCUT2D eigenvalue weighted by molar-refractivity contribution is -0.193. The van der Waals surface area contributed by atoms with Crippen LogP contribution in [0.15, 0.2) is 112 Å². The van der Waals surface area contributed by atoms with Gasteiger partial charge in [-0.2, -0.15) is 34.6 Å². The molecule has 0 radical (unpaired) electrons. The Kier molecular flexibility index (Phi) is 19.6. The fourth-order valence-electron chi connectivity index (χ4n) is 6.75. The molecule has 2 atom stereocenters. The quantitative estimate of drug-likeness (QED) is 0.0312. The van der Waals surface area contributed by atoms with Gasteiger partial charge in [0.15, 0.2) is 5.82 Å². The summed E-state index contributed by atoms with van der Waals surface area (Å²) >= 11 is 0. The lowest BCUT2D eigenvalue weighted by Crippen LogP contribution is -2.31. The normalized spacial score (nSPS) is 13.9. The summed E-state index contributed by atoms with van der Waals surface area (Å²) in [5.74, 6) is -0.520. The number of ether oxygens (including phenoxy) is 1. The number of nitrogen functional groups attached to an aromatic ring is 1. The zero-order chi connectivity index (χ0) is 53.0. The van der Waals surface area contributed by atoms with Gasteiger partial charge in [0.25, 0.3) is 0 Å². The number of benzene rings is 2. The molecule has 24 heteroatoms. The molecule has 72 heavy (non-hydrogen) atoms. The Bertz CT molecular complexity index is 3100. The second-order valence-corrected chi connectivity index (χ2v) is 15.3. The Balaban J connectivity index is 0.000000238. The smallest absolute Gasteiger partial charge is 0.373 e. The number of hydrogen-bond acceptors (Lipinski definition) is 18. The number of aliphatic hydroxyl groups excluding tert-OH is 1. The van der Waals surface area contributed by atoms with E-state index in [2.05, 4.69) is 35.8 Å². The number of nitriles is 1. The van der Waals surface area contributed by atoms with E-state index in [1.807, 2.05) is 13.8 Å². The lowest BCUT2D eigenvalue weighted by atomic mass is 9.81. The molecular weight excluding hydrogens is 943 g/mol. The van der Waals surface area contributed by atoms with Crippen LogP contribution in [0.5, 0.6) is 0 Å². The first-order valence-electron chi connectivity index (χ1n) is 21.4. The van der Waals surface area contributed by atoms with E-state index in [0.29, 0.717) is 76.0 Å². The summed E-state index contributed by atoms with van der Waals surface area (Å²) in [6, 6.07) is 21.5. The van der Waals surface area contributed by atoms with Crippen molar-refractivity contribution in [3.8, 4) is 40.4 Å². The molecule has 1 amide bonds. The average Bonchev–Trinajstić information content (AvgIpc) is 4.24. The van der Waals surface area contributed by atoms with Gasteiger partial charge < -0.3 is 29.9 Å². The predicted octanol–water partition coefficient (Wildman–Crippen LogP) is 6.58. The molecule has 0 bridgehead atoms. The highest BCUT2D eigenvalue weighted by Crippen LogP contribution is 2.39. The summed E-state index contributed by atoms with van der Waals surface area (Å²) in [7, 11) is 0. The average molecular weight is 989 g/mol. The standard InChI is InChI=1S/C22H19FN6O2.C14H12FN5O.C10H15NO3.2CO2/c1-3-22(2)14-11-24-20(25-19(14)26-21(22)30)17-10-18(16-8-9-31-28-16)29(27-17)12-13-6-4-5-7-15(13)23;15-10-4-2-1-3-9(10)8-20-13(11-5-6-21-19-11)7-12(18-20)14(16)17;1-4-10(3,8(6-11)7-12)9(13)14-5-2;2*2-1-3/h4-11H,3,12H2,1-2H3,(H,24,25,26,30);1-7H,8H2,(H3,16,17);7,12H,4-5H2,1-3H3;;. The molecule has 0 saturated heterocycles. The molecule has 1 aliphatic heterocycles. The van der Waals surface area contributed by atoms with Crippen molar-refractivity contribution in [3.05, 3.63) is 137 Å². The van der Waals surface area contributed by atoms with Crippen molar-refractivity contribution in [2.45, 2.75) is 66.0 Å². The third kappa shape index (κ3) is 12.9. The number of anilines is 1. The fourth-order valence-corrected chi connectivity index (χ4v) is 6.75. The highest BCUT2D eigenvalue weighted by atomic mass is 19.1. The number of hydrogen-bond donors (Lipinski definition) is 4. The van der Waals surface area contributed by atoms with Crippen LogP contribution in [0, 0.1) is 33.8 Å². The minimum absolute atomic E-state index is 0.0263. The topological polar surface area (TPSA) is 331 Å². The summed E-state index contributed by atoms with van der Waals surface area (Å²) in [4.78, 5) is 65.5. The summed E-state index contributed by atoms with van der Waals surface area (Å²) in [5, 5.41) is 44.5. The van der Waals surface area contributed by atoms with Crippen molar-refractivity contribution in [1.29, 1.82) is 10.7 Å². The molecule has 8 rings (SSSR count). The number of rotatable bonds is 13. The second-order valence-electron chi connectivity index (χ2n) is 15.3. The van der Waals surface area contributed by atoms with Gasteiger partial charge in [0.1, 0.15) is 64.0 Å². The van der Waals surface area contributed by atoms with Gasteiger partial charge in [-0.1, -0.05) is 60.6 Å². The van der Waals surface area contributed by atoms with Crippen molar-refractivity contribution >= 4 is 35.8 Å². The van der Waals surface area contributed by atoms with Gasteiger partial charge in [-0.15, -0.1) is 0 Å². The predicted molar refractivity (Wildman–Crippen MR) is 246 cm³/mol. The summed E-state index contributed by atoms with van der Waals surface area (Å²) in [5.41, 5.74) is 8.69. The highest BCUT2D eigenvalue weighted by molar-refractivity contribution is 6.05. The molecule has 2 aromatic carbocycles. The van der Waals surface area contributed by atoms with E-state index >= 15 is 0 Å². The first kappa shape index (κ1) is 55.0. The van der Waals surface area contributed by atoms with Crippen molar-refractivity contribution < 1.29 is 56.4 Å². The second kappa shape index (κ2) is 25.7. The van der Waals surface area contributed by atoms with Crippen molar-refractivity contribution in [2.75, 3.05) is 11.9 Å². The summed E-state index contributed by atoms with van der Waals surface area (Å²) in [6.07, 6.45) is 6.78. The van der Waals surface area contributed by atoms with Gasteiger partial charge in [0, 0.05) is 35.0 Å². The number of fused-ring (bicyclic) bond motifs is 1. The van der Waals surface area contributed by atoms with Crippen LogP contribution in [0.2, 0.25) is 0 Å². The van der Waals surface area contributed by atoms with E-state index in [1.165, 1.54) is 24.7 Å². The number of carbonyl (C=O) groups excluding carboxylic acids is 6. The zero-order valence-corrected chi connectivity index (χ0v) is 39.3. The Labute approximate surface area is 408 Å². The molecule has 6 heterocycles. The highest BCUT2D eigenvalue weighted by Gasteiger charge is 2.43. The van der Waals surface area contributed by atoms with E-state index in [1.54, 1.807) is 103 Å². The van der Waals surface area contributed by atoms with Crippen LogP contribution in [0.25, 0.3) is 34.3 Å². The van der Waals surface area contributed by atoms with Gasteiger partial charge in [0.05, 0.1) is 54.4 Å². The monoisotopic (exact) mass is 988 g/mol. The van der Waals surface area contributed by atoms with Crippen molar-refractivity contribution in [2.24, 2.45) is 11.1 Å². The van der Waals surface area contributed by atoms with Gasteiger partial charge in [-0.25, -0.2) is 18.7 Å². The molecular formula is C48H46F2N12O10. The third-order valence-corrected chi connectivity index (χ3v) is 11.1. The zero-order valence-electron chi connectivity index (χ0n) is 39.3. The Hall–Kier alpha value is -9.58. The van der Waals surface area contributed by atoms with E-state index in [0.717, 1.165) is 5.56 Å². The third-order valence-electron chi connectivity index (χ3n) is 11.1. The van der Waals surface area contributed by atoms with Crippen LogP contribution in [-0.2, 0) is 52.0 Å². The molecule has 22 nitrogen and oxygen atoms in total. The number of esters is 1. The first-order valence-corrected chi connectivity index (χ1v) is 21.4. The maximum Gasteiger partial charge on any atom is 0.373 e. The SMILES string of the molecule is CCC1(C)C(=O)Nc2nc(-c3cc(-c4ccon4)n(Cc4ccccc4F)n3)ncc21.CCOC(=O)C(C)(CC)C(C#N)=CO.N=C(N)c1cc(-c2ccon2)n(Cc2ccccc2F)n1.O=C=O.O=C=O. The molecule has 7 aromatic rings. The number of nitrogens with one attached hydrogen (secondary N) is 2. The van der Waals surface area contributed by atoms with Gasteiger partial charge >= 0.3 is 18.3 Å². The molecule has 5 N–H and O–H groups in total. The Morgan fingerprint density at radius 3 is 1.88 bits per heavy atom. The van der Waals surface area contributed by atoms with Crippen molar-refractivity contribution in [1.82, 2.24) is 39.8 Å². The first-order chi connectivity index (χ1) is 34.5. The summed E-state index contributed by atoms with van der Waals surface area (Å²) < 4.78 is 45.8. The minimum atomic E-state index is -1.04. The van der Waals surface area contributed by atoms with E-state index in [-0.39, 0.29) is 60.9 Å². The molecule has 0 fully saturated rings. The van der Waals surface area contributed by atoms with Crippen LogP contribution >= 0.6 is 0 Å². The number of carbonyl (C=O) groups is 2. The van der Waals surface area contributed by atoms with E-state index < -0.39 is 16.8 Å². The molecule has 2 unspecified atom stereocenters. The molecule has 1 aliphatic rings. The number of aromatic nitrogens is 8. The molecule has 0 spiro atoms. The van der Waals surface area contributed by atoms with Crippen LogP contribution in [-0.4, -0.2) is 81.6 Å². The van der Waals surface area contributed by atoms with Gasteiger partial charge in [-0.05, 0) is 57.9 Å². The Morgan fingerprint density at radius 2 is 1.43 bits per heavy atom. The number of nitrogens with two attached hydrogens (primary N) is 1. The van der Waals surface area contributed by atoms with E-state index in [9.17, 15) is 18.4 Å². The maximum absolute atomic E-state index is 14.2. The van der Waals surface area contributed by atoms with E-state index in [4.69, 9.17) is 54.5 Å². The largest absolute Gasteiger partial charge is 0.515 e. The van der Waals surface area contributed by atoms with Crippen LogP contribution in [0.4, 0.5) is 14.6 Å². The minimum Gasteiger partial charge on any atom is -0.515 e. The van der Waals surface area contributed by atoms with Gasteiger partial charge in [-0.3, -0.25) is 24.4 Å². The number of aliphatic hydroxyl groups is 1. The number of nitrogens with zero attached hydrogens (tertiary/aromatic N) is 9. The van der Waals surface area contributed by atoms with Crippen LogP contribution in [0.3, 0.4) is 0 Å². The Morgan fingerprint density at radius 1 is 0.903 bits per heavy atom. The van der Waals surface area contributed by atoms with Crippen LogP contribution < -0.4 is 11.1 Å². The van der Waals surface area contributed by atoms with Crippen molar-refractivity contribution in [3.63, 3.8) is 0 Å². The molecule has 5 aromatic heterocycles. The fraction of sp³-hybridized carbons (Fsp3) is 0.250. The lowest BCUT2D eigenvalue weighted by Gasteiger charge is -2.23. The molecule has 0 saturated carbocycles. The number of halogens is 2. The summed E-state index contributed by atoms with van der Waals surface area (Å²) in [6.45, 7) is 9.54.